The van der Waals surface area contributed by atoms with Crippen molar-refractivity contribution in [3.8, 4) is 0 Å². The fourth-order valence-electron chi connectivity index (χ4n) is 1.39. The van der Waals surface area contributed by atoms with Gasteiger partial charge in [-0.3, -0.25) is 9.36 Å². The van der Waals surface area contributed by atoms with E-state index in [9.17, 15) is 9.59 Å². The summed E-state index contributed by atoms with van der Waals surface area (Å²) in [6.07, 6.45) is 3.11. The van der Waals surface area contributed by atoms with Crippen LogP contribution in [0.3, 0.4) is 0 Å². The molecular formula is C10H12N4O3. The van der Waals surface area contributed by atoms with Crippen LogP contribution in [0.5, 0.6) is 0 Å². The van der Waals surface area contributed by atoms with Crippen LogP contribution in [0.25, 0.3) is 0 Å². The molecule has 0 amide bonds. The van der Waals surface area contributed by atoms with E-state index in [4.69, 9.17) is 4.42 Å². The average Bonchev–Trinajstić information content (AvgIpc) is 2.82. The maximum Gasteiger partial charge on any atom is 0.346 e. The molecule has 0 saturated carbocycles. The van der Waals surface area contributed by atoms with Gasteiger partial charge in [-0.1, -0.05) is 0 Å². The van der Waals surface area contributed by atoms with Crippen molar-refractivity contribution in [2.24, 2.45) is 14.1 Å². The monoisotopic (exact) mass is 236 g/mol. The number of aryl methyl sites for hydroxylation is 1. The lowest BCUT2D eigenvalue weighted by Gasteiger charge is -2.06. The molecule has 0 atom stereocenters. The Labute approximate surface area is 96.3 Å². The van der Waals surface area contributed by atoms with Gasteiger partial charge in [0.2, 0.25) is 5.82 Å². The average molecular weight is 236 g/mol. The van der Waals surface area contributed by atoms with Crippen molar-refractivity contribution in [2.45, 2.75) is 6.54 Å². The molecule has 0 aromatic carbocycles. The molecule has 0 radical (unpaired) electrons. The van der Waals surface area contributed by atoms with Crippen LogP contribution in [0.4, 0.5) is 5.82 Å². The van der Waals surface area contributed by atoms with Gasteiger partial charge in [0.1, 0.15) is 0 Å². The Bertz CT molecular complexity index is 624. The fraction of sp³-hybridized carbons (Fsp3) is 0.300. The Morgan fingerprint density at radius 2 is 2.18 bits per heavy atom. The van der Waals surface area contributed by atoms with Gasteiger partial charge < -0.3 is 9.73 Å². The number of anilines is 1. The van der Waals surface area contributed by atoms with Crippen molar-refractivity contribution in [1.29, 1.82) is 0 Å². The van der Waals surface area contributed by atoms with Crippen LogP contribution in [0.2, 0.25) is 0 Å². The molecule has 0 bridgehead atoms. The van der Waals surface area contributed by atoms with Gasteiger partial charge in [-0.2, -0.15) is 0 Å². The van der Waals surface area contributed by atoms with Crippen molar-refractivity contribution in [2.75, 3.05) is 5.32 Å². The maximum atomic E-state index is 11.7. The Morgan fingerprint density at radius 3 is 2.82 bits per heavy atom. The molecule has 7 nitrogen and oxygen atoms in total. The molecule has 2 rings (SSSR count). The van der Waals surface area contributed by atoms with Crippen LogP contribution in [-0.2, 0) is 20.6 Å². The first kappa shape index (κ1) is 11.2. The molecule has 0 saturated heterocycles. The van der Waals surface area contributed by atoms with E-state index in [1.165, 1.54) is 14.1 Å². The highest BCUT2D eigenvalue weighted by Gasteiger charge is 2.08. The van der Waals surface area contributed by atoms with E-state index in [1.807, 2.05) is 0 Å². The van der Waals surface area contributed by atoms with Crippen LogP contribution in [0.15, 0.2) is 32.6 Å². The van der Waals surface area contributed by atoms with Gasteiger partial charge >= 0.3 is 5.69 Å². The quantitative estimate of drug-likeness (QED) is 0.790. The molecule has 2 aromatic heterocycles. The van der Waals surface area contributed by atoms with Crippen LogP contribution in [0, 0.1) is 0 Å². The molecule has 2 aromatic rings. The van der Waals surface area contributed by atoms with Crippen LogP contribution in [0.1, 0.15) is 5.56 Å². The van der Waals surface area contributed by atoms with Crippen LogP contribution >= 0.6 is 0 Å². The first-order chi connectivity index (χ1) is 8.09. The maximum absolute atomic E-state index is 11.7. The van der Waals surface area contributed by atoms with E-state index in [0.717, 1.165) is 14.8 Å². The topological polar surface area (TPSA) is 82.1 Å². The van der Waals surface area contributed by atoms with Crippen LogP contribution < -0.4 is 16.6 Å². The molecule has 17 heavy (non-hydrogen) atoms. The summed E-state index contributed by atoms with van der Waals surface area (Å²) in [6, 6.07) is 1.78. The lowest BCUT2D eigenvalue weighted by Crippen LogP contribution is -2.39. The number of aromatic nitrogens is 3. The van der Waals surface area contributed by atoms with E-state index in [2.05, 4.69) is 10.4 Å². The summed E-state index contributed by atoms with van der Waals surface area (Å²) in [5.74, 6) is 0.135. The van der Waals surface area contributed by atoms with Gasteiger partial charge in [-0.25, -0.2) is 9.48 Å². The van der Waals surface area contributed by atoms with E-state index < -0.39 is 11.2 Å². The number of nitrogens with zero attached hydrogens (tertiary/aromatic N) is 3. The molecule has 7 heteroatoms. The lowest BCUT2D eigenvalue weighted by atomic mass is 10.3. The summed E-state index contributed by atoms with van der Waals surface area (Å²) < 4.78 is 7.02. The lowest BCUT2D eigenvalue weighted by molar-refractivity contribution is 0.564. The van der Waals surface area contributed by atoms with Gasteiger partial charge in [-0.15, -0.1) is 5.10 Å². The first-order valence-corrected chi connectivity index (χ1v) is 4.99. The highest BCUT2D eigenvalue weighted by molar-refractivity contribution is 5.30. The van der Waals surface area contributed by atoms with Gasteiger partial charge in [-0.05, 0) is 6.07 Å². The molecule has 0 aliphatic rings. The Morgan fingerprint density at radius 1 is 1.41 bits per heavy atom. The van der Waals surface area contributed by atoms with E-state index >= 15 is 0 Å². The summed E-state index contributed by atoms with van der Waals surface area (Å²) in [5.41, 5.74) is -0.0110. The molecule has 0 aliphatic heterocycles. The zero-order valence-electron chi connectivity index (χ0n) is 9.51. The number of furan rings is 1. The molecule has 0 unspecified atom stereocenters. The zero-order valence-corrected chi connectivity index (χ0v) is 9.51. The van der Waals surface area contributed by atoms with Gasteiger partial charge in [0.25, 0.3) is 5.56 Å². The summed E-state index contributed by atoms with van der Waals surface area (Å²) in [4.78, 5) is 23.1. The smallest absolute Gasteiger partial charge is 0.346 e. The molecule has 0 fully saturated rings. The second-order valence-electron chi connectivity index (χ2n) is 3.60. The molecule has 0 aliphatic carbocycles. The predicted octanol–water partition coefficient (Wildman–Crippen LogP) is -0.316. The van der Waals surface area contributed by atoms with Crippen molar-refractivity contribution in [1.82, 2.24) is 14.3 Å². The van der Waals surface area contributed by atoms with Gasteiger partial charge in [0.15, 0.2) is 0 Å². The van der Waals surface area contributed by atoms with Crippen LogP contribution in [-0.4, -0.2) is 14.3 Å². The molecule has 2 heterocycles. The molecule has 90 valence electrons. The standard InChI is InChI=1S/C10H12N4O3/c1-13-9(15)8(12-14(2)10(13)16)11-5-7-3-4-17-6-7/h3-4,6H,5H2,1-2H3,(H,11,12). The second kappa shape index (κ2) is 4.28. The summed E-state index contributed by atoms with van der Waals surface area (Å²) in [5, 5.41) is 6.72. The van der Waals surface area contributed by atoms with Crippen molar-refractivity contribution < 1.29 is 4.42 Å². The Balaban J connectivity index is 2.28. The number of hydrogen-bond acceptors (Lipinski definition) is 5. The highest BCUT2D eigenvalue weighted by atomic mass is 16.3. The van der Waals surface area contributed by atoms with Crippen molar-refractivity contribution >= 4 is 5.82 Å². The first-order valence-electron chi connectivity index (χ1n) is 4.99. The number of hydrogen-bond donors (Lipinski definition) is 1. The third-order valence-electron chi connectivity index (χ3n) is 2.36. The SMILES string of the molecule is Cn1nc(NCc2ccoc2)c(=O)n(C)c1=O. The van der Waals surface area contributed by atoms with E-state index in [-0.39, 0.29) is 5.82 Å². The third kappa shape index (κ3) is 2.12. The molecule has 1 N–H and O–H groups in total. The van der Waals surface area contributed by atoms with Gasteiger partial charge in [0.05, 0.1) is 12.5 Å². The summed E-state index contributed by atoms with van der Waals surface area (Å²) in [6.45, 7) is 0.414. The zero-order chi connectivity index (χ0) is 12.4. The summed E-state index contributed by atoms with van der Waals surface area (Å²) in [7, 11) is 2.90. The van der Waals surface area contributed by atoms with E-state index in [1.54, 1.807) is 18.6 Å². The fourth-order valence-corrected chi connectivity index (χ4v) is 1.39. The predicted molar refractivity (Wildman–Crippen MR) is 60.8 cm³/mol. The Hall–Kier alpha value is -2.31. The largest absolute Gasteiger partial charge is 0.472 e. The molecule has 0 spiro atoms. The number of nitrogens with one attached hydrogen (secondary N) is 1. The highest BCUT2D eigenvalue weighted by Crippen LogP contribution is 2.01. The summed E-state index contributed by atoms with van der Waals surface area (Å²) >= 11 is 0. The molecular weight excluding hydrogens is 224 g/mol. The van der Waals surface area contributed by atoms with Gasteiger partial charge in [0, 0.05) is 26.2 Å². The number of rotatable bonds is 3. The second-order valence-corrected chi connectivity index (χ2v) is 3.60. The van der Waals surface area contributed by atoms with Crippen molar-refractivity contribution in [3.05, 3.63) is 45.0 Å². The van der Waals surface area contributed by atoms with Crippen molar-refractivity contribution in [3.63, 3.8) is 0 Å². The minimum atomic E-state index is -0.455. The third-order valence-corrected chi connectivity index (χ3v) is 2.36. The Kier molecular flexibility index (Phi) is 2.82. The van der Waals surface area contributed by atoms with E-state index in [0.29, 0.717) is 6.54 Å². The minimum absolute atomic E-state index is 0.135. The normalized spacial score (nSPS) is 10.5. The minimum Gasteiger partial charge on any atom is -0.472 e.